The van der Waals surface area contributed by atoms with Crippen LogP contribution in [0.5, 0.6) is 5.75 Å². The van der Waals surface area contributed by atoms with Crippen molar-refractivity contribution in [2.75, 3.05) is 50.8 Å². The summed E-state index contributed by atoms with van der Waals surface area (Å²) in [5, 5.41) is 12.7. The standard InChI is InChI=1S/C25H27ClN4O2/c26-22-6-7-24-20(16-22)15-21(18-32-24)25(31)28-8-1-2-9-29-10-12-30(13-11-29)23-5-3-4-19(14-23)17-27/h3-7,14-16H,1-2,8-13,18H2,(H,28,31). The maximum atomic E-state index is 12.4. The summed E-state index contributed by atoms with van der Waals surface area (Å²) in [4.78, 5) is 17.2. The molecule has 1 N–H and O–H groups in total. The summed E-state index contributed by atoms with van der Waals surface area (Å²) in [6.45, 7) is 5.91. The number of fused-ring (bicyclic) bond motifs is 1. The van der Waals surface area contributed by atoms with Crippen LogP contribution in [0.3, 0.4) is 0 Å². The van der Waals surface area contributed by atoms with Crippen molar-refractivity contribution in [3.05, 3.63) is 64.2 Å². The van der Waals surface area contributed by atoms with Gasteiger partial charge in [-0.15, -0.1) is 0 Å². The molecule has 0 spiro atoms. The van der Waals surface area contributed by atoms with E-state index in [0.29, 0.717) is 22.7 Å². The van der Waals surface area contributed by atoms with Gasteiger partial charge in [0.05, 0.1) is 17.2 Å². The van der Waals surface area contributed by atoms with Crippen molar-refractivity contribution in [3.8, 4) is 11.8 Å². The van der Waals surface area contributed by atoms with Crippen LogP contribution in [0.2, 0.25) is 5.02 Å². The number of carbonyl (C=O) groups excluding carboxylic acids is 1. The summed E-state index contributed by atoms with van der Waals surface area (Å²) < 4.78 is 5.66. The number of halogens is 1. The quantitative estimate of drug-likeness (QED) is 0.651. The van der Waals surface area contributed by atoms with Gasteiger partial charge < -0.3 is 15.0 Å². The molecule has 0 atom stereocenters. The Morgan fingerprint density at radius 3 is 2.78 bits per heavy atom. The molecule has 32 heavy (non-hydrogen) atoms. The molecule has 6 nitrogen and oxygen atoms in total. The molecule has 2 aliphatic rings. The van der Waals surface area contributed by atoms with Crippen molar-refractivity contribution in [2.24, 2.45) is 0 Å². The average molecular weight is 451 g/mol. The van der Waals surface area contributed by atoms with Crippen LogP contribution in [-0.4, -0.2) is 56.7 Å². The highest BCUT2D eigenvalue weighted by Crippen LogP contribution is 2.29. The van der Waals surface area contributed by atoms with Crippen molar-refractivity contribution in [1.82, 2.24) is 10.2 Å². The molecule has 0 radical (unpaired) electrons. The molecule has 0 bridgehead atoms. The molecule has 166 valence electrons. The molecule has 2 aromatic rings. The van der Waals surface area contributed by atoms with Crippen LogP contribution in [0.15, 0.2) is 48.0 Å². The third-order valence-electron chi connectivity index (χ3n) is 5.88. The second-order valence-corrected chi connectivity index (χ2v) is 8.53. The molecule has 0 unspecified atom stereocenters. The Labute approximate surface area is 194 Å². The Bertz CT molecular complexity index is 1040. The van der Waals surface area contributed by atoms with Crippen LogP contribution >= 0.6 is 11.6 Å². The first-order valence-electron chi connectivity index (χ1n) is 11.0. The number of rotatable bonds is 7. The number of carbonyl (C=O) groups is 1. The largest absolute Gasteiger partial charge is 0.488 e. The van der Waals surface area contributed by atoms with Crippen LogP contribution in [0.4, 0.5) is 5.69 Å². The van der Waals surface area contributed by atoms with Gasteiger partial charge in [0.2, 0.25) is 0 Å². The normalized spacial score (nSPS) is 15.9. The molecule has 0 aromatic heterocycles. The summed E-state index contributed by atoms with van der Waals surface area (Å²) >= 11 is 6.03. The first-order valence-corrected chi connectivity index (χ1v) is 11.4. The lowest BCUT2D eigenvalue weighted by molar-refractivity contribution is -0.117. The number of anilines is 1. The minimum Gasteiger partial charge on any atom is -0.488 e. The van der Waals surface area contributed by atoms with Gasteiger partial charge >= 0.3 is 0 Å². The Morgan fingerprint density at radius 2 is 1.97 bits per heavy atom. The van der Waals surface area contributed by atoms with E-state index in [9.17, 15) is 4.79 Å². The number of nitrogens with one attached hydrogen (secondary N) is 1. The lowest BCUT2D eigenvalue weighted by Gasteiger charge is -2.36. The van der Waals surface area contributed by atoms with E-state index in [0.717, 1.165) is 62.6 Å². The van der Waals surface area contributed by atoms with Gasteiger partial charge in [-0.1, -0.05) is 17.7 Å². The number of ether oxygens (including phenoxy) is 1. The summed E-state index contributed by atoms with van der Waals surface area (Å²) in [6, 6.07) is 15.4. The molecule has 1 fully saturated rings. The Kier molecular flexibility index (Phi) is 7.31. The zero-order chi connectivity index (χ0) is 22.3. The summed E-state index contributed by atoms with van der Waals surface area (Å²) in [6.07, 6.45) is 3.83. The zero-order valence-corrected chi connectivity index (χ0v) is 18.8. The van der Waals surface area contributed by atoms with E-state index in [1.165, 1.54) is 0 Å². The molecule has 1 amide bonds. The molecule has 0 aliphatic carbocycles. The monoisotopic (exact) mass is 450 g/mol. The zero-order valence-electron chi connectivity index (χ0n) is 18.0. The highest BCUT2D eigenvalue weighted by molar-refractivity contribution is 6.30. The highest BCUT2D eigenvalue weighted by atomic mass is 35.5. The van der Waals surface area contributed by atoms with Crippen molar-refractivity contribution in [3.63, 3.8) is 0 Å². The number of amides is 1. The van der Waals surface area contributed by atoms with E-state index < -0.39 is 0 Å². The number of nitriles is 1. The molecular weight excluding hydrogens is 424 g/mol. The third kappa shape index (κ3) is 5.61. The lowest BCUT2D eigenvalue weighted by atomic mass is 10.1. The van der Waals surface area contributed by atoms with E-state index in [-0.39, 0.29) is 12.5 Å². The minimum atomic E-state index is -0.0798. The van der Waals surface area contributed by atoms with E-state index >= 15 is 0 Å². The number of hydrogen-bond acceptors (Lipinski definition) is 5. The number of unbranched alkanes of at least 4 members (excludes halogenated alkanes) is 1. The average Bonchev–Trinajstić information content (AvgIpc) is 2.83. The third-order valence-corrected chi connectivity index (χ3v) is 6.11. The van der Waals surface area contributed by atoms with Crippen molar-refractivity contribution in [1.29, 1.82) is 5.26 Å². The van der Waals surface area contributed by atoms with E-state index in [1.807, 2.05) is 36.4 Å². The minimum absolute atomic E-state index is 0.0798. The fourth-order valence-corrected chi connectivity index (χ4v) is 4.24. The summed E-state index contributed by atoms with van der Waals surface area (Å²) in [5.41, 5.74) is 3.29. The molecule has 4 rings (SSSR count). The topological polar surface area (TPSA) is 68.6 Å². The second-order valence-electron chi connectivity index (χ2n) is 8.09. The van der Waals surface area contributed by atoms with Crippen LogP contribution in [0, 0.1) is 11.3 Å². The Hall–Kier alpha value is -3.01. The number of nitrogens with zero attached hydrogens (tertiary/aromatic N) is 3. The highest BCUT2D eigenvalue weighted by Gasteiger charge is 2.18. The summed E-state index contributed by atoms with van der Waals surface area (Å²) in [7, 11) is 0. The van der Waals surface area contributed by atoms with Gasteiger partial charge in [-0.3, -0.25) is 9.69 Å². The van der Waals surface area contributed by atoms with Gasteiger partial charge in [0, 0.05) is 49.0 Å². The van der Waals surface area contributed by atoms with Crippen LogP contribution in [-0.2, 0) is 4.79 Å². The lowest BCUT2D eigenvalue weighted by Crippen LogP contribution is -2.46. The van der Waals surface area contributed by atoms with E-state index in [4.69, 9.17) is 21.6 Å². The maximum Gasteiger partial charge on any atom is 0.250 e. The smallest absolute Gasteiger partial charge is 0.250 e. The molecular formula is C25H27ClN4O2. The van der Waals surface area contributed by atoms with Crippen LogP contribution in [0.25, 0.3) is 6.08 Å². The van der Waals surface area contributed by atoms with Crippen molar-refractivity contribution < 1.29 is 9.53 Å². The Morgan fingerprint density at radius 1 is 1.12 bits per heavy atom. The Balaban J connectivity index is 1.14. The van der Waals surface area contributed by atoms with Gasteiger partial charge in [-0.2, -0.15) is 5.26 Å². The second kappa shape index (κ2) is 10.5. The molecule has 1 saturated heterocycles. The molecule has 0 saturated carbocycles. The van der Waals surface area contributed by atoms with E-state index in [1.54, 1.807) is 6.07 Å². The molecule has 7 heteroatoms. The first kappa shape index (κ1) is 22.2. The van der Waals surface area contributed by atoms with Crippen LogP contribution in [0.1, 0.15) is 24.0 Å². The number of hydrogen-bond donors (Lipinski definition) is 1. The van der Waals surface area contributed by atoms with Gasteiger partial charge in [0.15, 0.2) is 0 Å². The van der Waals surface area contributed by atoms with Gasteiger partial charge in [-0.05, 0) is 61.9 Å². The van der Waals surface area contributed by atoms with Crippen molar-refractivity contribution in [2.45, 2.75) is 12.8 Å². The van der Waals surface area contributed by atoms with Crippen LogP contribution < -0.4 is 15.0 Å². The first-order chi connectivity index (χ1) is 15.6. The molecule has 2 aliphatic heterocycles. The SMILES string of the molecule is N#Cc1cccc(N2CCN(CCCCNC(=O)C3=Cc4cc(Cl)ccc4OC3)CC2)c1. The maximum absolute atomic E-state index is 12.4. The van der Waals surface area contributed by atoms with Gasteiger partial charge in [-0.25, -0.2) is 0 Å². The number of benzene rings is 2. The predicted molar refractivity (Wildman–Crippen MR) is 127 cm³/mol. The summed E-state index contributed by atoms with van der Waals surface area (Å²) in [5.74, 6) is 0.674. The fraction of sp³-hybridized carbons (Fsp3) is 0.360. The number of piperazine rings is 1. The predicted octanol–water partition coefficient (Wildman–Crippen LogP) is 3.71. The van der Waals surface area contributed by atoms with Gasteiger partial charge in [0.1, 0.15) is 12.4 Å². The van der Waals surface area contributed by atoms with Crippen molar-refractivity contribution >= 4 is 29.3 Å². The van der Waals surface area contributed by atoms with Gasteiger partial charge in [0.25, 0.3) is 5.91 Å². The molecule has 2 heterocycles. The molecule has 2 aromatic carbocycles. The van der Waals surface area contributed by atoms with E-state index in [2.05, 4.69) is 27.3 Å². The fourth-order valence-electron chi connectivity index (χ4n) is 4.06.